The van der Waals surface area contributed by atoms with Gasteiger partial charge < -0.3 is 14.6 Å². The molecular formula is C22H31N5O5. The number of pyridine rings is 1. The first-order chi connectivity index (χ1) is 15.0. The summed E-state index contributed by atoms with van der Waals surface area (Å²) in [7, 11) is 1.67. The third-order valence-corrected chi connectivity index (χ3v) is 5.23. The maximum absolute atomic E-state index is 12.2. The largest absolute Gasteiger partial charge is 0.489 e. The highest BCUT2D eigenvalue weighted by Gasteiger charge is 2.28. The Morgan fingerprint density at radius 2 is 2.03 bits per heavy atom. The second-order valence-electron chi connectivity index (χ2n) is 9.39. The lowest BCUT2D eigenvalue weighted by molar-refractivity contribution is -0.143. The second kappa shape index (κ2) is 9.54. The lowest BCUT2D eigenvalue weighted by atomic mass is 9.87. The van der Waals surface area contributed by atoms with Gasteiger partial charge in [0.2, 0.25) is 0 Å². The summed E-state index contributed by atoms with van der Waals surface area (Å²) in [6, 6.07) is 3.54. The SMILES string of the molecule is Cc1nc(-c2nnn(C)c2NC(=O)OCC(C)(C)C)ccc1O[C@H]1CCC[C@H](C(=O)O)C1. The van der Waals surface area contributed by atoms with Crippen LogP contribution < -0.4 is 10.1 Å². The monoisotopic (exact) mass is 445 g/mol. The van der Waals surface area contributed by atoms with E-state index in [2.05, 4.69) is 20.6 Å². The maximum atomic E-state index is 12.2. The Morgan fingerprint density at radius 1 is 1.28 bits per heavy atom. The van der Waals surface area contributed by atoms with Crippen LogP contribution in [0, 0.1) is 18.3 Å². The Morgan fingerprint density at radius 3 is 2.69 bits per heavy atom. The summed E-state index contributed by atoms with van der Waals surface area (Å²) >= 11 is 0. The number of nitrogens with zero attached hydrogens (tertiary/aromatic N) is 4. The molecule has 1 aliphatic carbocycles. The standard InChI is InChI=1S/C22H31N5O5/c1-13-17(32-15-8-6-7-14(11-15)20(28)29)10-9-16(23-13)18-19(27(5)26-25-18)24-21(30)31-12-22(2,3)4/h9-10,14-15H,6-8,11-12H2,1-5H3,(H,24,30)(H,28,29)/t14-,15-/m0/s1. The first-order valence-corrected chi connectivity index (χ1v) is 10.7. The van der Waals surface area contributed by atoms with E-state index < -0.39 is 12.1 Å². The van der Waals surface area contributed by atoms with Gasteiger partial charge in [0, 0.05) is 7.05 Å². The molecule has 2 N–H and O–H groups in total. The Labute approximate surface area is 187 Å². The molecule has 10 heteroatoms. The van der Waals surface area contributed by atoms with Gasteiger partial charge in [0.05, 0.1) is 30.0 Å². The molecule has 1 saturated carbocycles. The van der Waals surface area contributed by atoms with E-state index in [0.29, 0.717) is 41.5 Å². The van der Waals surface area contributed by atoms with E-state index in [-0.39, 0.29) is 24.0 Å². The van der Waals surface area contributed by atoms with Crippen LogP contribution in [-0.2, 0) is 16.6 Å². The normalized spacial score (nSPS) is 18.8. The van der Waals surface area contributed by atoms with Crippen molar-refractivity contribution >= 4 is 17.9 Å². The fourth-order valence-electron chi connectivity index (χ4n) is 3.55. The third kappa shape index (κ3) is 5.95. The van der Waals surface area contributed by atoms with Crippen molar-refractivity contribution < 1.29 is 24.2 Å². The highest BCUT2D eigenvalue weighted by atomic mass is 16.5. The van der Waals surface area contributed by atoms with Crippen molar-refractivity contribution in [1.29, 1.82) is 0 Å². The number of carbonyl (C=O) groups excluding carboxylic acids is 1. The molecule has 0 radical (unpaired) electrons. The molecule has 3 rings (SSSR count). The molecule has 0 saturated heterocycles. The topological polar surface area (TPSA) is 128 Å². The predicted molar refractivity (Wildman–Crippen MR) is 117 cm³/mol. The average molecular weight is 446 g/mol. The molecule has 2 heterocycles. The Kier molecular flexibility index (Phi) is 7.00. The summed E-state index contributed by atoms with van der Waals surface area (Å²) < 4.78 is 12.8. The van der Waals surface area contributed by atoms with Crippen LogP contribution in [0.4, 0.5) is 10.6 Å². The zero-order valence-electron chi connectivity index (χ0n) is 19.2. The van der Waals surface area contributed by atoms with Gasteiger partial charge >= 0.3 is 12.1 Å². The van der Waals surface area contributed by atoms with Gasteiger partial charge in [-0.1, -0.05) is 26.0 Å². The molecule has 10 nitrogen and oxygen atoms in total. The molecule has 0 aliphatic heterocycles. The summed E-state index contributed by atoms with van der Waals surface area (Å²) in [5, 5.41) is 20.1. The van der Waals surface area contributed by atoms with E-state index >= 15 is 0 Å². The molecule has 0 bridgehead atoms. The highest BCUT2D eigenvalue weighted by molar-refractivity contribution is 5.88. The molecule has 0 spiro atoms. The molecule has 32 heavy (non-hydrogen) atoms. The van der Waals surface area contributed by atoms with Crippen molar-refractivity contribution in [3.63, 3.8) is 0 Å². The van der Waals surface area contributed by atoms with Gasteiger partial charge in [0.15, 0.2) is 11.5 Å². The molecule has 0 aromatic carbocycles. The average Bonchev–Trinajstić information content (AvgIpc) is 3.08. The van der Waals surface area contributed by atoms with Gasteiger partial charge in [-0.15, -0.1) is 5.10 Å². The van der Waals surface area contributed by atoms with Crippen molar-refractivity contribution in [2.75, 3.05) is 11.9 Å². The number of carboxylic acids is 1. The first-order valence-electron chi connectivity index (χ1n) is 10.7. The fourth-order valence-corrected chi connectivity index (χ4v) is 3.55. The third-order valence-electron chi connectivity index (χ3n) is 5.23. The molecule has 2 atom stereocenters. The van der Waals surface area contributed by atoms with Crippen LogP contribution in [-0.4, -0.2) is 49.9 Å². The fraction of sp³-hybridized carbons (Fsp3) is 0.591. The molecule has 2 aromatic heterocycles. The van der Waals surface area contributed by atoms with Gasteiger partial charge in [-0.3, -0.25) is 10.1 Å². The minimum Gasteiger partial charge on any atom is -0.489 e. The summed E-state index contributed by atoms with van der Waals surface area (Å²) in [5.74, 6) is -0.159. The highest BCUT2D eigenvalue weighted by Crippen LogP contribution is 2.31. The zero-order chi connectivity index (χ0) is 23.5. The number of nitrogens with one attached hydrogen (secondary N) is 1. The number of hydrogen-bond donors (Lipinski definition) is 2. The molecule has 2 aromatic rings. The van der Waals surface area contributed by atoms with Gasteiger partial charge in [-0.2, -0.15) is 0 Å². The number of rotatable bonds is 6. The molecule has 1 fully saturated rings. The number of ether oxygens (including phenoxy) is 2. The minimum atomic E-state index is -0.771. The number of aromatic nitrogens is 4. The van der Waals surface area contributed by atoms with Crippen LogP contribution in [0.3, 0.4) is 0 Å². The Hall–Kier alpha value is -3.17. The second-order valence-corrected chi connectivity index (χ2v) is 9.39. The number of amides is 1. The molecule has 174 valence electrons. The predicted octanol–water partition coefficient (Wildman–Crippen LogP) is 3.80. The number of carboxylic acid groups (broad SMARTS) is 1. The van der Waals surface area contributed by atoms with Crippen LogP contribution in [0.25, 0.3) is 11.4 Å². The Bertz CT molecular complexity index is 982. The quantitative estimate of drug-likeness (QED) is 0.687. The lowest BCUT2D eigenvalue weighted by Crippen LogP contribution is -2.29. The number of aryl methyl sites for hydroxylation is 2. The molecule has 1 aliphatic rings. The van der Waals surface area contributed by atoms with Crippen molar-refractivity contribution in [1.82, 2.24) is 20.0 Å². The summed E-state index contributed by atoms with van der Waals surface area (Å²) in [5.41, 5.74) is 1.44. The summed E-state index contributed by atoms with van der Waals surface area (Å²) in [6.45, 7) is 8.01. The number of hydrogen-bond acceptors (Lipinski definition) is 7. The maximum Gasteiger partial charge on any atom is 0.412 e. The van der Waals surface area contributed by atoms with E-state index in [9.17, 15) is 14.7 Å². The van der Waals surface area contributed by atoms with Gasteiger partial charge in [0.1, 0.15) is 5.75 Å². The smallest absolute Gasteiger partial charge is 0.412 e. The summed E-state index contributed by atoms with van der Waals surface area (Å²) in [6.07, 6.45) is 2.08. The lowest BCUT2D eigenvalue weighted by Gasteiger charge is -2.27. The van der Waals surface area contributed by atoms with E-state index in [1.54, 1.807) is 19.2 Å². The van der Waals surface area contributed by atoms with Crippen LogP contribution in [0.1, 0.15) is 52.1 Å². The number of aliphatic carboxylic acids is 1. The van der Waals surface area contributed by atoms with Crippen LogP contribution in [0.5, 0.6) is 5.75 Å². The van der Waals surface area contributed by atoms with E-state index in [1.165, 1.54) is 4.68 Å². The number of anilines is 1. The molecule has 0 unspecified atom stereocenters. The van der Waals surface area contributed by atoms with Crippen molar-refractivity contribution in [3.05, 3.63) is 17.8 Å². The van der Waals surface area contributed by atoms with Gasteiger partial charge in [0.25, 0.3) is 0 Å². The van der Waals surface area contributed by atoms with E-state index in [1.807, 2.05) is 27.7 Å². The zero-order valence-corrected chi connectivity index (χ0v) is 19.2. The van der Waals surface area contributed by atoms with Crippen molar-refractivity contribution in [3.8, 4) is 17.1 Å². The molecular weight excluding hydrogens is 414 g/mol. The van der Waals surface area contributed by atoms with E-state index in [0.717, 1.165) is 12.8 Å². The molecule has 1 amide bonds. The number of carbonyl (C=O) groups is 2. The summed E-state index contributed by atoms with van der Waals surface area (Å²) in [4.78, 5) is 28.1. The minimum absolute atomic E-state index is 0.150. The van der Waals surface area contributed by atoms with Crippen molar-refractivity contribution in [2.24, 2.45) is 18.4 Å². The van der Waals surface area contributed by atoms with Crippen LogP contribution in [0.15, 0.2) is 12.1 Å². The van der Waals surface area contributed by atoms with E-state index in [4.69, 9.17) is 9.47 Å². The van der Waals surface area contributed by atoms with Gasteiger partial charge in [-0.25, -0.2) is 14.5 Å². The first kappa shape index (κ1) is 23.5. The van der Waals surface area contributed by atoms with Crippen molar-refractivity contribution in [2.45, 2.75) is 59.5 Å². The Balaban J connectivity index is 1.72. The van der Waals surface area contributed by atoms with Gasteiger partial charge in [-0.05, 0) is 50.2 Å². The van der Waals surface area contributed by atoms with Crippen LogP contribution >= 0.6 is 0 Å². The van der Waals surface area contributed by atoms with Crippen LogP contribution in [0.2, 0.25) is 0 Å².